The van der Waals surface area contributed by atoms with Crippen LogP contribution in [0.25, 0.3) is 0 Å². The zero-order valence-electron chi connectivity index (χ0n) is 18.2. The Hall–Kier alpha value is -2.60. The van der Waals surface area contributed by atoms with Crippen LogP contribution < -0.4 is 16.2 Å². The Balaban J connectivity index is 1.98. The number of guanidine groups is 1. The smallest absolute Gasteiger partial charge is 0.250 e. The van der Waals surface area contributed by atoms with Gasteiger partial charge in [-0.25, -0.2) is 4.99 Å². The largest absolute Gasteiger partial charge is 0.379 e. The van der Waals surface area contributed by atoms with E-state index in [0.29, 0.717) is 19.6 Å². The summed E-state index contributed by atoms with van der Waals surface area (Å²) in [6.07, 6.45) is 1.90. The van der Waals surface area contributed by atoms with Gasteiger partial charge in [0.05, 0.1) is 19.2 Å². The third-order valence-electron chi connectivity index (χ3n) is 4.74. The van der Waals surface area contributed by atoms with Crippen LogP contribution in [-0.2, 0) is 17.8 Å². The van der Waals surface area contributed by atoms with Crippen molar-refractivity contribution in [2.24, 2.45) is 10.4 Å². The lowest BCUT2D eigenvalue weighted by molar-refractivity contribution is 0.0205. The lowest BCUT2D eigenvalue weighted by Gasteiger charge is -2.30. The average Bonchev–Trinajstić information content (AvgIpc) is 2.68. The number of aliphatic imine (C=N–C) groups is 1. The molecule has 1 unspecified atom stereocenters. The number of benzene rings is 1. The molecular weight excluding hydrogens is 364 g/mol. The van der Waals surface area contributed by atoms with Crippen LogP contribution in [0.1, 0.15) is 38.8 Å². The number of ether oxygens (including phenoxy) is 1. The van der Waals surface area contributed by atoms with Crippen molar-refractivity contribution in [3.05, 3.63) is 70.1 Å². The number of rotatable bonds is 8. The lowest BCUT2D eigenvalue weighted by atomic mass is 9.89. The van der Waals surface area contributed by atoms with Crippen molar-refractivity contribution in [3.63, 3.8) is 0 Å². The monoisotopic (exact) mass is 398 g/mol. The molecule has 0 fully saturated rings. The molecule has 0 spiro atoms. The summed E-state index contributed by atoms with van der Waals surface area (Å²) in [5.41, 5.74) is 2.26. The highest BCUT2D eigenvalue weighted by molar-refractivity contribution is 5.79. The van der Waals surface area contributed by atoms with Gasteiger partial charge in [0, 0.05) is 32.5 Å². The van der Waals surface area contributed by atoms with E-state index in [4.69, 9.17) is 4.74 Å². The lowest BCUT2D eigenvalue weighted by Crippen LogP contribution is -2.45. The normalized spacial score (nSPS) is 13.2. The summed E-state index contributed by atoms with van der Waals surface area (Å²) in [4.78, 5) is 16.5. The van der Waals surface area contributed by atoms with Gasteiger partial charge in [-0.05, 0) is 29.5 Å². The Morgan fingerprint density at radius 1 is 1.10 bits per heavy atom. The number of pyridine rings is 1. The van der Waals surface area contributed by atoms with Crippen molar-refractivity contribution in [1.29, 1.82) is 0 Å². The van der Waals surface area contributed by atoms with Crippen LogP contribution in [0.4, 0.5) is 0 Å². The molecule has 0 aliphatic carbocycles. The number of hydrogen-bond acceptors (Lipinski definition) is 3. The van der Waals surface area contributed by atoms with E-state index < -0.39 is 0 Å². The molecule has 1 atom stereocenters. The molecule has 0 saturated heterocycles. The van der Waals surface area contributed by atoms with Crippen LogP contribution in [0.3, 0.4) is 0 Å². The van der Waals surface area contributed by atoms with Gasteiger partial charge in [0.1, 0.15) is 0 Å². The first-order valence-corrected chi connectivity index (χ1v) is 10.1. The molecule has 0 aliphatic rings. The molecule has 1 heterocycles. The van der Waals surface area contributed by atoms with Crippen LogP contribution in [0.2, 0.25) is 0 Å². The highest BCUT2D eigenvalue weighted by atomic mass is 16.5. The van der Waals surface area contributed by atoms with Gasteiger partial charge >= 0.3 is 0 Å². The van der Waals surface area contributed by atoms with Gasteiger partial charge in [0.15, 0.2) is 5.96 Å². The third-order valence-corrected chi connectivity index (χ3v) is 4.74. The summed E-state index contributed by atoms with van der Waals surface area (Å²) in [5, 5.41) is 6.65. The first kappa shape index (κ1) is 22.7. The Kier molecular flexibility index (Phi) is 8.46. The van der Waals surface area contributed by atoms with Crippen LogP contribution in [0.15, 0.2) is 58.4 Å². The minimum Gasteiger partial charge on any atom is -0.379 e. The van der Waals surface area contributed by atoms with E-state index in [9.17, 15) is 4.79 Å². The molecule has 29 heavy (non-hydrogen) atoms. The predicted octanol–water partition coefficient (Wildman–Crippen LogP) is 3.01. The van der Waals surface area contributed by atoms with Crippen LogP contribution >= 0.6 is 0 Å². The summed E-state index contributed by atoms with van der Waals surface area (Å²) in [6, 6.07) is 13.4. The van der Waals surface area contributed by atoms with E-state index in [0.717, 1.165) is 23.6 Å². The van der Waals surface area contributed by atoms with Gasteiger partial charge in [-0.15, -0.1) is 0 Å². The van der Waals surface area contributed by atoms with Crippen molar-refractivity contribution >= 4 is 5.96 Å². The molecule has 6 heteroatoms. The minimum atomic E-state index is 0.00662. The molecule has 158 valence electrons. The molecule has 2 N–H and O–H groups in total. The number of nitrogens with one attached hydrogen (secondary N) is 2. The van der Waals surface area contributed by atoms with Crippen LogP contribution in [0.5, 0.6) is 0 Å². The minimum absolute atomic E-state index is 0.00662. The second-order valence-corrected chi connectivity index (χ2v) is 8.15. The van der Waals surface area contributed by atoms with Crippen LogP contribution in [0, 0.1) is 5.41 Å². The maximum Gasteiger partial charge on any atom is 0.250 e. The number of nitrogens with zero attached hydrogens (tertiary/aromatic N) is 2. The van der Waals surface area contributed by atoms with Crippen molar-refractivity contribution in [2.75, 3.05) is 20.2 Å². The Labute approximate surface area is 174 Å². The van der Waals surface area contributed by atoms with Gasteiger partial charge < -0.3 is 19.9 Å². The molecule has 2 rings (SSSR count). The van der Waals surface area contributed by atoms with E-state index in [-0.39, 0.29) is 17.1 Å². The van der Waals surface area contributed by atoms with Crippen molar-refractivity contribution < 1.29 is 4.74 Å². The van der Waals surface area contributed by atoms with Crippen LogP contribution in [-0.4, -0.2) is 36.8 Å². The third kappa shape index (κ3) is 7.38. The molecule has 0 amide bonds. The second-order valence-electron chi connectivity index (χ2n) is 8.15. The fraction of sp³-hybridized carbons (Fsp3) is 0.478. The predicted molar refractivity (Wildman–Crippen MR) is 119 cm³/mol. The molecule has 2 aromatic rings. The van der Waals surface area contributed by atoms with Gasteiger partial charge in [-0.1, -0.05) is 51.1 Å². The zero-order chi connectivity index (χ0) is 21.3. The van der Waals surface area contributed by atoms with E-state index in [1.165, 1.54) is 0 Å². The summed E-state index contributed by atoms with van der Waals surface area (Å²) in [7, 11) is 1.74. The number of hydrogen-bond donors (Lipinski definition) is 2. The van der Waals surface area contributed by atoms with Gasteiger partial charge in [-0.3, -0.25) is 4.79 Å². The molecule has 0 bridgehead atoms. The maximum atomic E-state index is 11.8. The first-order chi connectivity index (χ1) is 13.8. The first-order valence-electron chi connectivity index (χ1n) is 10.1. The van der Waals surface area contributed by atoms with Gasteiger partial charge in [0.25, 0.3) is 5.56 Å². The standard InChI is InChI=1S/C23H34N4O2/c1-6-24-22(26-16-20(29-5)23(2,3)4)25-15-18-10-12-19(13-11-18)17-27-14-8-7-9-21(27)28/h7-14,20H,6,15-17H2,1-5H3,(H2,24,25,26). The van der Waals surface area contributed by atoms with Gasteiger partial charge in [-0.2, -0.15) is 0 Å². The fourth-order valence-electron chi connectivity index (χ4n) is 2.98. The van der Waals surface area contributed by atoms with Gasteiger partial charge in [0.2, 0.25) is 0 Å². The van der Waals surface area contributed by atoms with Crippen molar-refractivity contribution in [1.82, 2.24) is 15.2 Å². The highest BCUT2D eigenvalue weighted by Gasteiger charge is 2.24. The van der Waals surface area contributed by atoms with E-state index in [1.807, 2.05) is 18.2 Å². The number of aromatic nitrogens is 1. The molecule has 0 aliphatic heterocycles. The highest BCUT2D eigenvalue weighted by Crippen LogP contribution is 2.20. The SMILES string of the molecule is CCNC(=NCc1ccc(Cn2ccccc2=O)cc1)NCC(OC)C(C)(C)C. The van der Waals surface area contributed by atoms with E-state index in [1.54, 1.807) is 30.0 Å². The molecule has 6 nitrogen and oxygen atoms in total. The summed E-state index contributed by atoms with van der Waals surface area (Å²) in [5.74, 6) is 0.777. The Morgan fingerprint density at radius 3 is 2.38 bits per heavy atom. The molecule has 1 aromatic carbocycles. The van der Waals surface area contributed by atoms with Crippen molar-refractivity contribution in [3.8, 4) is 0 Å². The molecule has 1 aromatic heterocycles. The Morgan fingerprint density at radius 2 is 1.79 bits per heavy atom. The summed E-state index contributed by atoms with van der Waals surface area (Å²) < 4.78 is 7.30. The zero-order valence-corrected chi connectivity index (χ0v) is 18.2. The Bertz CT molecular complexity index is 835. The maximum absolute atomic E-state index is 11.8. The topological polar surface area (TPSA) is 67.7 Å². The summed E-state index contributed by atoms with van der Waals surface area (Å²) >= 11 is 0. The fourth-order valence-corrected chi connectivity index (χ4v) is 2.98. The molecular formula is C23H34N4O2. The summed E-state index contributed by atoms with van der Waals surface area (Å²) in [6.45, 7) is 11.2. The second kappa shape index (κ2) is 10.8. The van der Waals surface area contributed by atoms with E-state index in [2.05, 4.69) is 55.5 Å². The number of methoxy groups -OCH3 is 1. The molecule has 0 saturated carbocycles. The van der Waals surface area contributed by atoms with Crippen molar-refractivity contribution in [2.45, 2.75) is 46.9 Å². The van der Waals surface area contributed by atoms with E-state index >= 15 is 0 Å². The molecule has 0 radical (unpaired) electrons. The quantitative estimate of drug-likeness (QED) is 0.530. The average molecular weight is 399 g/mol.